The number of carbonyl (C=O) groups is 2. The average molecular weight is 491 g/mol. The minimum atomic E-state index is -0.375. The lowest BCUT2D eigenvalue weighted by molar-refractivity contribution is 0.0899. The first kappa shape index (κ1) is 25.7. The first-order chi connectivity index (χ1) is 16.8. The van der Waals surface area contributed by atoms with Gasteiger partial charge in [0, 0.05) is 50.9 Å². The Balaban J connectivity index is 1.41. The number of fused-ring (bicyclic) bond motifs is 2. The second-order valence-electron chi connectivity index (χ2n) is 10.4. The number of piperidine rings is 1. The Morgan fingerprint density at radius 1 is 1.17 bits per heavy atom. The van der Waals surface area contributed by atoms with E-state index in [1.807, 2.05) is 4.90 Å². The summed E-state index contributed by atoms with van der Waals surface area (Å²) < 4.78 is 24.4. The van der Waals surface area contributed by atoms with Crippen molar-refractivity contribution in [2.75, 3.05) is 59.0 Å². The van der Waals surface area contributed by atoms with Gasteiger partial charge in [0.05, 0.1) is 6.61 Å². The van der Waals surface area contributed by atoms with Gasteiger partial charge < -0.3 is 24.6 Å². The topological polar surface area (TPSA) is 74.4 Å². The molecule has 1 aromatic carbocycles. The summed E-state index contributed by atoms with van der Waals surface area (Å²) in [5.74, 6) is -0.250. The van der Waals surface area contributed by atoms with Gasteiger partial charge in [-0.1, -0.05) is 12.8 Å². The van der Waals surface area contributed by atoms with Crippen LogP contribution in [0, 0.1) is 5.82 Å². The van der Waals surface area contributed by atoms with Crippen molar-refractivity contribution in [3.8, 4) is 0 Å². The van der Waals surface area contributed by atoms with Crippen molar-refractivity contribution in [3.05, 3.63) is 29.6 Å². The molecule has 1 aromatic rings. The highest BCUT2D eigenvalue weighted by molar-refractivity contribution is 5.95. The maximum atomic E-state index is 14.3. The number of nitrogens with one attached hydrogen (secondary N) is 1. The second kappa shape index (κ2) is 11.1. The average Bonchev–Trinajstić information content (AvgIpc) is 2.97. The van der Waals surface area contributed by atoms with Gasteiger partial charge in [0.2, 0.25) is 0 Å². The van der Waals surface area contributed by atoms with E-state index in [-0.39, 0.29) is 36.0 Å². The van der Waals surface area contributed by atoms with Gasteiger partial charge in [0.15, 0.2) is 0 Å². The molecule has 3 amide bonds. The summed E-state index contributed by atoms with van der Waals surface area (Å²) in [6, 6.07) is 5.26. The van der Waals surface area contributed by atoms with E-state index in [2.05, 4.69) is 10.2 Å². The number of methoxy groups -OCH3 is 1. The Kier molecular flexibility index (Phi) is 8.16. The summed E-state index contributed by atoms with van der Waals surface area (Å²) in [6.07, 6.45) is 6.60. The molecule has 2 aliphatic heterocycles. The predicted molar refractivity (Wildman–Crippen MR) is 132 cm³/mol. The van der Waals surface area contributed by atoms with Crippen LogP contribution in [0.5, 0.6) is 0 Å². The highest BCUT2D eigenvalue weighted by atomic mass is 19.1. The summed E-state index contributed by atoms with van der Waals surface area (Å²) in [4.78, 5) is 31.0. The number of alkyl carbamates (subject to hydrolysis) is 1. The second-order valence-corrected chi connectivity index (χ2v) is 10.4. The molecule has 2 fully saturated rings. The first-order valence-corrected chi connectivity index (χ1v) is 12.8. The van der Waals surface area contributed by atoms with Crippen LogP contribution >= 0.6 is 0 Å². The molecular weight excluding hydrogens is 451 g/mol. The van der Waals surface area contributed by atoms with E-state index in [4.69, 9.17) is 9.47 Å². The molecule has 4 rings (SSSR count). The molecule has 3 aliphatic rings. The smallest absolute Gasteiger partial charge is 0.407 e. The van der Waals surface area contributed by atoms with Crippen molar-refractivity contribution in [1.29, 1.82) is 0 Å². The molecule has 1 saturated heterocycles. The minimum Gasteiger partial charge on any atom is -0.447 e. The molecular formula is C26H39FN4O4. The van der Waals surface area contributed by atoms with Crippen LogP contribution in [0.1, 0.15) is 50.5 Å². The maximum absolute atomic E-state index is 14.3. The lowest BCUT2D eigenvalue weighted by atomic mass is 9.74. The fourth-order valence-electron chi connectivity index (χ4n) is 6.02. The zero-order valence-electron chi connectivity index (χ0n) is 21.2. The van der Waals surface area contributed by atoms with E-state index < -0.39 is 0 Å². The summed E-state index contributed by atoms with van der Waals surface area (Å²) in [6.45, 7) is 3.03. The van der Waals surface area contributed by atoms with Crippen LogP contribution < -0.4 is 10.2 Å². The highest BCUT2D eigenvalue weighted by Crippen LogP contribution is 2.48. The van der Waals surface area contributed by atoms with Crippen LogP contribution in [0.15, 0.2) is 18.2 Å². The number of amides is 3. The molecule has 194 valence electrons. The van der Waals surface area contributed by atoms with E-state index >= 15 is 0 Å². The third kappa shape index (κ3) is 5.72. The van der Waals surface area contributed by atoms with Crippen molar-refractivity contribution >= 4 is 17.8 Å². The zero-order chi connectivity index (χ0) is 25.0. The molecule has 9 heteroatoms. The minimum absolute atomic E-state index is 0.0627. The molecule has 1 aliphatic carbocycles. The Hall–Kier alpha value is -2.39. The molecule has 2 atom stereocenters. The fourth-order valence-corrected chi connectivity index (χ4v) is 6.02. The quantitative estimate of drug-likeness (QED) is 0.503. The van der Waals surface area contributed by atoms with Crippen LogP contribution in [0.2, 0.25) is 0 Å². The molecule has 2 heterocycles. The standard InChI is InChI=1S/C26H39FN4O4/c1-29(2)25(33)31-18-26(22-16-19(27)8-9-23(22)31)10-12-30(13-11-26)21-7-5-4-6-20(17-21)28-24(32)35-15-14-34-3/h8-9,16,20-21H,4-7,10-15,17-18H2,1-3H3,(H,28,32). The fraction of sp³-hybridized carbons (Fsp3) is 0.692. The number of carbonyl (C=O) groups excluding carboxylic acids is 2. The maximum Gasteiger partial charge on any atom is 0.407 e. The van der Waals surface area contributed by atoms with Gasteiger partial charge in [-0.25, -0.2) is 14.0 Å². The number of benzene rings is 1. The monoisotopic (exact) mass is 490 g/mol. The van der Waals surface area contributed by atoms with Crippen molar-refractivity contribution in [2.24, 2.45) is 0 Å². The molecule has 35 heavy (non-hydrogen) atoms. The zero-order valence-corrected chi connectivity index (χ0v) is 21.2. The molecule has 0 aromatic heterocycles. The Morgan fingerprint density at radius 2 is 1.91 bits per heavy atom. The summed E-state index contributed by atoms with van der Waals surface area (Å²) >= 11 is 0. The number of ether oxygens (including phenoxy) is 2. The molecule has 8 nitrogen and oxygen atoms in total. The van der Waals surface area contributed by atoms with Crippen LogP contribution in [-0.2, 0) is 14.9 Å². The van der Waals surface area contributed by atoms with Gasteiger partial charge in [-0.3, -0.25) is 4.90 Å². The van der Waals surface area contributed by atoms with Gasteiger partial charge in [-0.15, -0.1) is 0 Å². The number of anilines is 1. The van der Waals surface area contributed by atoms with E-state index in [1.165, 1.54) is 6.07 Å². The van der Waals surface area contributed by atoms with Gasteiger partial charge in [0.25, 0.3) is 0 Å². The summed E-state index contributed by atoms with van der Waals surface area (Å²) in [5.41, 5.74) is 1.59. The molecule has 1 N–H and O–H groups in total. The van der Waals surface area contributed by atoms with Crippen molar-refractivity contribution in [2.45, 2.75) is 62.4 Å². The van der Waals surface area contributed by atoms with Crippen molar-refractivity contribution in [3.63, 3.8) is 0 Å². The van der Waals surface area contributed by atoms with E-state index in [1.54, 1.807) is 38.2 Å². The van der Waals surface area contributed by atoms with Crippen LogP contribution in [0.4, 0.5) is 19.7 Å². The van der Waals surface area contributed by atoms with E-state index in [0.29, 0.717) is 19.2 Å². The molecule has 0 bridgehead atoms. The van der Waals surface area contributed by atoms with Gasteiger partial charge in [-0.2, -0.15) is 0 Å². The van der Waals surface area contributed by atoms with Crippen LogP contribution in [0.3, 0.4) is 0 Å². The van der Waals surface area contributed by atoms with Crippen molar-refractivity contribution in [1.82, 2.24) is 15.1 Å². The number of likely N-dealkylation sites (tertiary alicyclic amines) is 1. The number of hydrogen-bond acceptors (Lipinski definition) is 5. The summed E-state index contributed by atoms with van der Waals surface area (Å²) in [5, 5.41) is 3.05. The lowest BCUT2D eigenvalue weighted by Gasteiger charge is -2.43. The van der Waals surface area contributed by atoms with E-state index in [0.717, 1.165) is 69.3 Å². The molecule has 1 saturated carbocycles. The Bertz CT molecular complexity index is 903. The van der Waals surface area contributed by atoms with E-state index in [9.17, 15) is 14.0 Å². The third-order valence-electron chi connectivity index (χ3n) is 7.91. The third-order valence-corrected chi connectivity index (χ3v) is 7.91. The number of rotatable bonds is 5. The Morgan fingerprint density at radius 3 is 2.63 bits per heavy atom. The highest BCUT2D eigenvalue weighted by Gasteiger charge is 2.47. The number of urea groups is 1. The van der Waals surface area contributed by atoms with Crippen molar-refractivity contribution < 1.29 is 23.5 Å². The predicted octanol–water partition coefficient (Wildman–Crippen LogP) is 3.73. The Labute approximate surface area is 207 Å². The normalized spacial score (nSPS) is 24.1. The number of halogens is 1. The first-order valence-electron chi connectivity index (χ1n) is 12.8. The number of nitrogens with zero attached hydrogens (tertiary/aromatic N) is 3. The van der Waals surface area contributed by atoms with Gasteiger partial charge >= 0.3 is 12.1 Å². The van der Waals surface area contributed by atoms with Gasteiger partial charge in [-0.05, 0) is 69.0 Å². The van der Waals surface area contributed by atoms with Gasteiger partial charge in [0.1, 0.15) is 12.4 Å². The van der Waals surface area contributed by atoms with Crippen LogP contribution in [0.25, 0.3) is 0 Å². The molecule has 1 spiro atoms. The van der Waals surface area contributed by atoms with Crippen LogP contribution in [-0.4, -0.2) is 88.1 Å². The SMILES string of the molecule is COCCOC(=O)NC1CCCCC(N2CCC3(CC2)CN(C(=O)N(C)C)c2ccc(F)cc23)C1. The number of hydrogen-bond donors (Lipinski definition) is 1. The molecule has 0 radical (unpaired) electrons. The molecule has 2 unspecified atom stereocenters. The summed E-state index contributed by atoms with van der Waals surface area (Å²) in [7, 11) is 5.09. The largest absolute Gasteiger partial charge is 0.447 e. The lowest BCUT2D eigenvalue weighted by Crippen LogP contribution is -2.51.